The van der Waals surface area contributed by atoms with Crippen LogP contribution in [0.4, 0.5) is 0 Å². The summed E-state index contributed by atoms with van der Waals surface area (Å²) in [6, 6.07) is 4.85. The third-order valence-corrected chi connectivity index (χ3v) is 3.04. The molecule has 1 fully saturated rings. The van der Waals surface area contributed by atoms with Crippen LogP contribution in [-0.2, 0) is 4.74 Å². The SMILES string of the molecule is Cc1cc(C(=O)NCC2(C)COC2)ccc1O. The Kier molecular flexibility index (Phi) is 3.07. The lowest BCUT2D eigenvalue weighted by Crippen LogP contribution is -2.48. The third kappa shape index (κ3) is 2.58. The maximum Gasteiger partial charge on any atom is 0.251 e. The summed E-state index contributed by atoms with van der Waals surface area (Å²) in [5.41, 5.74) is 1.35. The molecular formula is C13H17NO3. The fourth-order valence-corrected chi connectivity index (χ4v) is 1.75. The van der Waals surface area contributed by atoms with E-state index in [2.05, 4.69) is 12.2 Å². The predicted molar refractivity (Wildman–Crippen MR) is 64.1 cm³/mol. The van der Waals surface area contributed by atoms with Crippen LogP contribution < -0.4 is 5.32 Å². The highest BCUT2D eigenvalue weighted by molar-refractivity contribution is 5.94. The zero-order chi connectivity index (χ0) is 12.5. The normalized spacial score (nSPS) is 17.3. The van der Waals surface area contributed by atoms with Crippen molar-refractivity contribution in [3.63, 3.8) is 0 Å². The highest BCUT2D eigenvalue weighted by atomic mass is 16.5. The van der Waals surface area contributed by atoms with Gasteiger partial charge >= 0.3 is 0 Å². The van der Waals surface area contributed by atoms with Crippen molar-refractivity contribution in [2.24, 2.45) is 5.41 Å². The van der Waals surface area contributed by atoms with Crippen LogP contribution in [0.5, 0.6) is 5.75 Å². The lowest BCUT2D eigenvalue weighted by Gasteiger charge is -2.38. The standard InChI is InChI=1S/C13H17NO3/c1-9-5-10(3-4-11(9)15)12(16)14-6-13(2)7-17-8-13/h3-5,15H,6-8H2,1-2H3,(H,14,16). The van der Waals surface area contributed by atoms with E-state index in [-0.39, 0.29) is 17.1 Å². The quantitative estimate of drug-likeness (QED) is 0.834. The molecule has 1 saturated heterocycles. The van der Waals surface area contributed by atoms with Gasteiger partial charge in [0.2, 0.25) is 0 Å². The maximum absolute atomic E-state index is 11.9. The van der Waals surface area contributed by atoms with E-state index in [4.69, 9.17) is 4.74 Å². The van der Waals surface area contributed by atoms with Gasteiger partial charge in [-0.05, 0) is 30.7 Å². The van der Waals surface area contributed by atoms with Gasteiger partial charge in [-0.1, -0.05) is 6.92 Å². The van der Waals surface area contributed by atoms with Gasteiger partial charge in [-0.15, -0.1) is 0 Å². The van der Waals surface area contributed by atoms with Gasteiger partial charge in [0.15, 0.2) is 0 Å². The van der Waals surface area contributed by atoms with Crippen molar-refractivity contribution < 1.29 is 14.6 Å². The second-order valence-electron chi connectivity index (χ2n) is 4.99. The molecule has 0 radical (unpaired) electrons. The van der Waals surface area contributed by atoms with Crippen molar-refractivity contribution in [2.45, 2.75) is 13.8 Å². The number of aryl methyl sites for hydroxylation is 1. The molecule has 1 aromatic carbocycles. The Bertz CT molecular complexity index is 438. The summed E-state index contributed by atoms with van der Waals surface area (Å²) < 4.78 is 5.13. The van der Waals surface area contributed by atoms with Gasteiger partial charge < -0.3 is 15.2 Å². The van der Waals surface area contributed by atoms with Crippen molar-refractivity contribution >= 4 is 5.91 Å². The molecule has 0 bridgehead atoms. The van der Waals surface area contributed by atoms with E-state index in [0.717, 1.165) is 0 Å². The first-order valence-corrected chi connectivity index (χ1v) is 5.66. The Hall–Kier alpha value is -1.55. The highest BCUT2D eigenvalue weighted by Crippen LogP contribution is 2.25. The average molecular weight is 235 g/mol. The van der Waals surface area contributed by atoms with Gasteiger partial charge in [0.05, 0.1) is 13.2 Å². The van der Waals surface area contributed by atoms with Crippen molar-refractivity contribution in [3.05, 3.63) is 29.3 Å². The summed E-state index contributed by atoms with van der Waals surface area (Å²) in [4.78, 5) is 11.9. The molecule has 0 saturated carbocycles. The van der Waals surface area contributed by atoms with Crippen molar-refractivity contribution in [1.29, 1.82) is 0 Å². The molecule has 0 aromatic heterocycles. The zero-order valence-electron chi connectivity index (χ0n) is 10.1. The van der Waals surface area contributed by atoms with Gasteiger partial charge in [0.25, 0.3) is 5.91 Å². The van der Waals surface area contributed by atoms with Crippen LogP contribution in [0, 0.1) is 12.3 Å². The van der Waals surface area contributed by atoms with Gasteiger partial charge in [-0.3, -0.25) is 4.79 Å². The smallest absolute Gasteiger partial charge is 0.251 e. The summed E-state index contributed by atoms with van der Waals surface area (Å²) in [5, 5.41) is 12.3. The van der Waals surface area contributed by atoms with Crippen LogP contribution in [-0.4, -0.2) is 30.8 Å². The zero-order valence-corrected chi connectivity index (χ0v) is 10.1. The van der Waals surface area contributed by atoms with Crippen LogP contribution in [0.3, 0.4) is 0 Å². The Morgan fingerprint density at radius 2 is 2.24 bits per heavy atom. The number of aromatic hydroxyl groups is 1. The van der Waals surface area contributed by atoms with Gasteiger partial charge in [0.1, 0.15) is 5.75 Å². The molecule has 2 N–H and O–H groups in total. The molecule has 92 valence electrons. The van der Waals surface area contributed by atoms with Crippen molar-refractivity contribution in [3.8, 4) is 5.75 Å². The first kappa shape index (κ1) is 11.9. The third-order valence-electron chi connectivity index (χ3n) is 3.04. The number of ether oxygens (including phenoxy) is 1. The largest absolute Gasteiger partial charge is 0.508 e. The molecule has 1 aliphatic heterocycles. The minimum absolute atomic E-state index is 0.0711. The number of hydrogen-bond donors (Lipinski definition) is 2. The fourth-order valence-electron chi connectivity index (χ4n) is 1.75. The van der Waals surface area contributed by atoms with E-state index >= 15 is 0 Å². The number of nitrogens with one attached hydrogen (secondary N) is 1. The second kappa shape index (κ2) is 4.37. The number of hydrogen-bond acceptors (Lipinski definition) is 3. The molecule has 0 spiro atoms. The minimum atomic E-state index is -0.110. The number of phenols is 1. The van der Waals surface area contributed by atoms with Crippen LogP contribution in [0.2, 0.25) is 0 Å². The lowest BCUT2D eigenvalue weighted by atomic mass is 9.88. The Morgan fingerprint density at radius 1 is 1.53 bits per heavy atom. The first-order valence-electron chi connectivity index (χ1n) is 5.66. The van der Waals surface area contributed by atoms with E-state index in [0.29, 0.717) is 30.9 Å². The number of rotatable bonds is 3. The van der Waals surface area contributed by atoms with Crippen LogP contribution in [0.25, 0.3) is 0 Å². The summed E-state index contributed by atoms with van der Waals surface area (Å²) >= 11 is 0. The van der Waals surface area contributed by atoms with Crippen molar-refractivity contribution in [1.82, 2.24) is 5.32 Å². The average Bonchev–Trinajstić information content (AvgIpc) is 2.27. The van der Waals surface area contributed by atoms with Gasteiger partial charge in [0, 0.05) is 17.5 Å². The molecule has 1 aliphatic rings. The highest BCUT2D eigenvalue weighted by Gasteiger charge is 2.33. The number of phenolic OH excluding ortho intramolecular Hbond substituents is 1. The summed E-state index contributed by atoms with van der Waals surface area (Å²) in [6.45, 7) is 5.86. The van der Waals surface area contributed by atoms with E-state index < -0.39 is 0 Å². The molecule has 1 heterocycles. The van der Waals surface area contributed by atoms with E-state index in [1.165, 1.54) is 0 Å². The molecule has 0 aliphatic carbocycles. The topological polar surface area (TPSA) is 58.6 Å². The van der Waals surface area contributed by atoms with Gasteiger partial charge in [-0.25, -0.2) is 0 Å². The molecule has 4 nitrogen and oxygen atoms in total. The summed E-state index contributed by atoms with van der Waals surface area (Å²) in [7, 11) is 0. The second-order valence-corrected chi connectivity index (χ2v) is 4.99. The number of amides is 1. The molecule has 17 heavy (non-hydrogen) atoms. The molecule has 1 aromatic rings. The Labute approximate surface area is 101 Å². The molecule has 2 rings (SSSR count). The Balaban J connectivity index is 1.97. The molecule has 4 heteroatoms. The van der Waals surface area contributed by atoms with E-state index in [1.54, 1.807) is 25.1 Å². The number of carbonyl (C=O) groups excluding carboxylic acids is 1. The molecule has 0 atom stereocenters. The molecule has 0 unspecified atom stereocenters. The first-order chi connectivity index (χ1) is 8.00. The fraction of sp³-hybridized carbons (Fsp3) is 0.462. The van der Waals surface area contributed by atoms with E-state index in [9.17, 15) is 9.90 Å². The van der Waals surface area contributed by atoms with Crippen LogP contribution in [0.15, 0.2) is 18.2 Å². The van der Waals surface area contributed by atoms with Gasteiger partial charge in [-0.2, -0.15) is 0 Å². The predicted octanol–water partition coefficient (Wildman–Crippen LogP) is 1.47. The molecule has 1 amide bonds. The van der Waals surface area contributed by atoms with Crippen molar-refractivity contribution in [2.75, 3.05) is 19.8 Å². The lowest BCUT2D eigenvalue weighted by molar-refractivity contribution is -0.0978. The minimum Gasteiger partial charge on any atom is -0.508 e. The summed E-state index contributed by atoms with van der Waals surface area (Å²) in [5.74, 6) is 0.0992. The van der Waals surface area contributed by atoms with E-state index in [1.807, 2.05) is 0 Å². The van der Waals surface area contributed by atoms with Crippen LogP contribution in [0.1, 0.15) is 22.8 Å². The molecular weight excluding hydrogens is 218 g/mol. The maximum atomic E-state index is 11.9. The monoisotopic (exact) mass is 235 g/mol. The Morgan fingerprint density at radius 3 is 2.76 bits per heavy atom. The summed E-state index contributed by atoms with van der Waals surface area (Å²) in [6.07, 6.45) is 0. The number of carbonyl (C=O) groups is 1. The van der Waals surface area contributed by atoms with Crippen LogP contribution >= 0.6 is 0 Å². The number of benzene rings is 1.